The highest BCUT2D eigenvalue weighted by Crippen LogP contribution is 2.46. The SMILES string of the molecule is CCC1=C(C(=O)OC)[C@@H](c2cc(C)ccc2C)N2C(CC(=O)N3CCOCC3)=CSC2=N1. The second-order valence-corrected chi connectivity index (χ2v) is 8.97. The number of nitrogens with zero attached hydrogens (tertiary/aromatic N) is 3. The molecule has 3 heterocycles. The van der Waals surface area contributed by atoms with Crippen molar-refractivity contribution in [3.05, 3.63) is 57.3 Å². The second-order valence-electron chi connectivity index (χ2n) is 8.13. The van der Waals surface area contributed by atoms with Crippen LogP contribution in [0.1, 0.15) is 42.5 Å². The van der Waals surface area contributed by atoms with E-state index in [2.05, 4.69) is 23.1 Å². The zero-order valence-electron chi connectivity index (χ0n) is 19.0. The van der Waals surface area contributed by atoms with Crippen molar-refractivity contribution in [3.8, 4) is 0 Å². The Bertz CT molecular complexity index is 1020. The summed E-state index contributed by atoms with van der Waals surface area (Å²) >= 11 is 1.50. The van der Waals surface area contributed by atoms with Gasteiger partial charge in [0.1, 0.15) is 0 Å². The molecule has 1 aromatic carbocycles. The summed E-state index contributed by atoms with van der Waals surface area (Å²) in [6.45, 7) is 8.43. The molecular weight excluding hydrogens is 426 g/mol. The fourth-order valence-electron chi connectivity index (χ4n) is 4.34. The molecule has 1 saturated heterocycles. The minimum absolute atomic E-state index is 0.0611. The van der Waals surface area contributed by atoms with Crippen LogP contribution in [-0.4, -0.2) is 60.3 Å². The maximum Gasteiger partial charge on any atom is 0.338 e. The Morgan fingerprint density at radius 1 is 1.25 bits per heavy atom. The molecule has 0 spiro atoms. The number of carbonyl (C=O) groups excluding carboxylic acids is 2. The van der Waals surface area contributed by atoms with Gasteiger partial charge in [0.05, 0.1) is 44.1 Å². The molecule has 0 N–H and O–H groups in total. The number of hydrogen-bond donors (Lipinski definition) is 0. The van der Waals surface area contributed by atoms with Crippen molar-refractivity contribution < 1.29 is 19.1 Å². The number of thioether (sulfide) groups is 1. The highest BCUT2D eigenvalue weighted by atomic mass is 32.2. The minimum atomic E-state index is -0.386. The van der Waals surface area contributed by atoms with E-state index in [-0.39, 0.29) is 24.3 Å². The normalized spacial score (nSPS) is 20.7. The molecule has 0 saturated carbocycles. The lowest BCUT2D eigenvalue weighted by molar-refractivity contribution is -0.136. The summed E-state index contributed by atoms with van der Waals surface area (Å²) in [4.78, 5) is 34.7. The van der Waals surface area contributed by atoms with E-state index in [4.69, 9.17) is 14.5 Å². The third kappa shape index (κ3) is 4.21. The van der Waals surface area contributed by atoms with E-state index in [1.54, 1.807) is 0 Å². The van der Waals surface area contributed by atoms with E-state index in [1.165, 1.54) is 18.9 Å². The highest BCUT2D eigenvalue weighted by molar-refractivity contribution is 8.16. The molecule has 0 aromatic heterocycles. The van der Waals surface area contributed by atoms with Crippen molar-refractivity contribution in [1.82, 2.24) is 9.80 Å². The van der Waals surface area contributed by atoms with E-state index < -0.39 is 0 Å². The van der Waals surface area contributed by atoms with Crippen LogP contribution in [0, 0.1) is 13.8 Å². The number of hydrogen-bond acceptors (Lipinski definition) is 7. The number of methoxy groups -OCH3 is 1. The number of amidine groups is 1. The average Bonchev–Trinajstić information content (AvgIpc) is 3.21. The largest absolute Gasteiger partial charge is 0.466 e. The van der Waals surface area contributed by atoms with Crippen molar-refractivity contribution in [1.29, 1.82) is 0 Å². The minimum Gasteiger partial charge on any atom is -0.466 e. The molecule has 1 aromatic rings. The Morgan fingerprint density at radius 2 is 2.00 bits per heavy atom. The van der Waals surface area contributed by atoms with Gasteiger partial charge in [-0.05, 0) is 36.8 Å². The summed E-state index contributed by atoms with van der Waals surface area (Å²) in [6, 6.07) is 5.87. The third-order valence-electron chi connectivity index (χ3n) is 6.05. The van der Waals surface area contributed by atoms with Crippen LogP contribution in [0.15, 0.2) is 45.6 Å². The van der Waals surface area contributed by atoms with Gasteiger partial charge in [0, 0.05) is 18.8 Å². The monoisotopic (exact) mass is 455 g/mol. The van der Waals surface area contributed by atoms with Crippen molar-refractivity contribution in [2.24, 2.45) is 4.99 Å². The quantitative estimate of drug-likeness (QED) is 0.631. The van der Waals surface area contributed by atoms with Crippen LogP contribution < -0.4 is 0 Å². The van der Waals surface area contributed by atoms with Gasteiger partial charge in [-0.15, -0.1) is 0 Å². The number of morpholine rings is 1. The van der Waals surface area contributed by atoms with E-state index >= 15 is 0 Å². The fraction of sp³-hybridized carbons (Fsp3) is 0.458. The molecule has 0 aliphatic carbocycles. The van der Waals surface area contributed by atoms with Crippen LogP contribution in [0.2, 0.25) is 0 Å². The van der Waals surface area contributed by atoms with E-state index in [9.17, 15) is 9.59 Å². The van der Waals surface area contributed by atoms with Crippen LogP contribution >= 0.6 is 11.8 Å². The number of amides is 1. The summed E-state index contributed by atoms with van der Waals surface area (Å²) in [5, 5.41) is 2.79. The molecule has 4 rings (SSSR count). The lowest BCUT2D eigenvalue weighted by Gasteiger charge is -2.38. The van der Waals surface area contributed by atoms with Gasteiger partial charge < -0.3 is 19.3 Å². The maximum absolute atomic E-state index is 13.0. The zero-order chi connectivity index (χ0) is 22.8. The van der Waals surface area contributed by atoms with Gasteiger partial charge >= 0.3 is 5.97 Å². The summed E-state index contributed by atoms with van der Waals surface area (Å²) in [6.07, 6.45) is 0.870. The first-order chi connectivity index (χ1) is 15.4. The van der Waals surface area contributed by atoms with Gasteiger partial charge in [-0.2, -0.15) is 0 Å². The predicted octanol–water partition coefficient (Wildman–Crippen LogP) is 3.69. The summed E-state index contributed by atoms with van der Waals surface area (Å²) < 4.78 is 10.6. The third-order valence-corrected chi connectivity index (χ3v) is 6.94. The highest BCUT2D eigenvalue weighted by Gasteiger charge is 2.42. The summed E-state index contributed by atoms with van der Waals surface area (Å²) in [5.41, 5.74) is 5.34. The Hall–Kier alpha value is -2.58. The molecule has 0 bridgehead atoms. The molecule has 32 heavy (non-hydrogen) atoms. The van der Waals surface area contributed by atoms with E-state index in [1.807, 2.05) is 31.1 Å². The van der Waals surface area contributed by atoms with Crippen LogP contribution in [0.3, 0.4) is 0 Å². The van der Waals surface area contributed by atoms with Crippen molar-refractivity contribution in [2.45, 2.75) is 39.7 Å². The number of benzene rings is 1. The molecule has 0 radical (unpaired) electrons. The maximum atomic E-state index is 13.0. The Kier molecular flexibility index (Phi) is 6.71. The zero-order valence-corrected chi connectivity index (χ0v) is 19.8. The fourth-order valence-corrected chi connectivity index (χ4v) is 5.28. The van der Waals surface area contributed by atoms with Crippen molar-refractivity contribution >= 4 is 28.8 Å². The standard InChI is InChI=1S/C24H29N3O4S/c1-5-19-21(23(29)30-4)22(18-12-15(2)6-7-16(18)3)27-17(14-32-24(27)25-19)13-20(28)26-8-10-31-11-9-26/h6-7,12,14,22H,5,8-11,13H2,1-4H3/t22-/m1/s1. The topological polar surface area (TPSA) is 71.4 Å². The number of fused-ring (bicyclic) bond motifs is 1. The van der Waals surface area contributed by atoms with Gasteiger partial charge in [-0.1, -0.05) is 42.4 Å². The Balaban J connectivity index is 1.76. The lowest BCUT2D eigenvalue weighted by Crippen LogP contribution is -2.42. The first-order valence-electron chi connectivity index (χ1n) is 10.9. The van der Waals surface area contributed by atoms with Crippen molar-refractivity contribution in [3.63, 3.8) is 0 Å². The van der Waals surface area contributed by atoms with Crippen LogP contribution in [-0.2, 0) is 19.1 Å². The van der Waals surface area contributed by atoms with Gasteiger partial charge in [-0.3, -0.25) is 4.79 Å². The van der Waals surface area contributed by atoms with Gasteiger partial charge in [0.25, 0.3) is 0 Å². The molecule has 3 aliphatic heterocycles. The molecular formula is C24H29N3O4S. The second kappa shape index (κ2) is 9.50. The number of aryl methyl sites for hydroxylation is 2. The van der Waals surface area contributed by atoms with Crippen LogP contribution in [0.25, 0.3) is 0 Å². The van der Waals surface area contributed by atoms with Crippen LogP contribution in [0.4, 0.5) is 0 Å². The molecule has 8 heteroatoms. The Labute approximate surface area is 193 Å². The number of aliphatic imine (C=N–C) groups is 1. The molecule has 3 aliphatic rings. The van der Waals surface area contributed by atoms with Gasteiger partial charge in [0.15, 0.2) is 5.17 Å². The number of ether oxygens (including phenoxy) is 2. The number of allylic oxidation sites excluding steroid dienone is 1. The summed E-state index contributed by atoms with van der Waals surface area (Å²) in [7, 11) is 1.40. The Morgan fingerprint density at radius 3 is 2.69 bits per heavy atom. The number of rotatable bonds is 5. The predicted molar refractivity (Wildman–Crippen MR) is 125 cm³/mol. The van der Waals surface area contributed by atoms with Crippen LogP contribution in [0.5, 0.6) is 0 Å². The smallest absolute Gasteiger partial charge is 0.338 e. The molecule has 1 amide bonds. The molecule has 1 fully saturated rings. The van der Waals surface area contributed by atoms with E-state index in [0.29, 0.717) is 38.3 Å². The van der Waals surface area contributed by atoms with E-state index in [0.717, 1.165) is 33.3 Å². The number of esters is 1. The van der Waals surface area contributed by atoms with Crippen molar-refractivity contribution in [2.75, 3.05) is 33.4 Å². The molecule has 0 unspecified atom stereocenters. The van der Waals surface area contributed by atoms with Gasteiger partial charge in [0.2, 0.25) is 5.91 Å². The van der Waals surface area contributed by atoms with Gasteiger partial charge in [-0.25, -0.2) is 9.79 Å². The summed E-state index contributed by atoms with van der Waals surface area (Å²) in [5.74, 6) is -0.322. The first kappa shape index (κ1) is 22.6. The first-order valence-corrected chi connectivity index (χ1v) is 11.8. The molecule has 1 atom stereocenters. The lowest BCUT2D eigenvalue weighted by atomic mass is 9.89. The number of carbonyl (C=O) groups is 2. The molecule has 170 valence electrons. The average molecular weight is 456 g/mol. The molecule has 7 nitrogen and oxygen atoms in total.